The van der Waals surface area contributed by atoms with E-state index in [-0.39, 0.29) is 34.5 Å². The number of rotatable bonds is 6. The highest BCUT2D eigenvalue weighted by molar-refractivity contribution is 9.10. The molecule has 5 aromatic rings. The van der Waals surface area contributed by atoms with Gasteiger partial charge in [0.25, 0.3) is 5.56 Å². The molecule has 0 N–H and O–H groups in total. The van der Waals surface area contributed by atoms with Gasteiger partial charge in [0.15, 0.2) is 5.76 Å². The highest BCUT2D eigenvalue weighted by Crippen LogP contribution is 2.34. The molecule has 2 heterocycles. The van der Waals surface area contributed by atoms with Crippen molar-refractivity contribution in [2.75, 3.05) is 6.61 Å². The number of benzene rings is 3. The minimum absolute atomic E-state index is 0.00687. The van der Waals surface area contributed by atoms with Crippen molar-refractivity contribution in [1.29, 1.82) is 0 Å². The Hall–Kier alpha value is -4.02. The summed E-state index contributed by atoms with van der Waals surface area (Å²) in [5.41, 5.74) is 0.561. The summed E-state index contributed by atoms with van der Waals surface area (Å²) in [6.07, 6.45) is 1.28. The van der Waals surface area contributed by atoms with Crippen LogP contribution >= 0.6 is 27.5 Å². The Kier molecular flexibility index (Phi) is 6.29. The number of nitro benzene ring substituents is 1. The number of hydrogen-bond acceptors (Lipinski definition) is 7. The standard InChI is InChI=1S/C25H16BrClN4O5/c1-2-35-23-15(10-17(27)12-20(23)31(33)34)13-28-30-24(29-19-6-4-3-5-18(19)25(30)32)22-11-14-9-16(26)7-8-21(14)36-22/h3-13H,2H2,1H3. The monoisotopic (exact) mass is 566 g/mol. The van der Waals surface area contributed by atoms with E-state index in [0.29, 0.717) is 22.2 Å². The minimum atomic E-state index is -0.587. The molecule has 0 radical (unpaired) electrons. The van der Waals surface area contributed by atoms with Gasteiger partial charge in [-0.05, 0) is 49.4 Å². The Bertz CT molecular complexity index is 1740. The number of fused-ring (bicyclic) bond motifs is 2. The summed E-state index contributed by atoms with van der Waals surface area (Å²) in [5, 5.41) is 17.2. The van der Waals surface area contributed by atoms with E-state index in [9.17, 15) is 14.9 Å². The average molecular weight is 568 g/mol. The summed E-state index contributed by atoms with van der Waals surface area (Å²) >= 11 is 9.56. The zero-order valence-electron chi connectivity index (χ0n) is 18.6. The first kappa shape index (κ1) is 23.7. The fourth-order valence-electron chi connectivity index (χ4n) is 3.77. The van der Waals surface area contributed by atoms with Crippen molar-refractivity contribution in [3.63, 3.8) is 0 Å². The first-order valence-electron chi connectivity index (χ1n) is 10.7. The van der Waals surface area contributed by atoms with Crippen LogP contribution in [0.4, 0.5) is 5.69 Å². The summed E-state index contributed by atoms with van der Waals surface area (Å²) in [5.74, 6) is 0.481. The second-order valence-electron chi connectivity index (χ2n) is 7.64. The van der Waals surface area contributed by atoms with E-state index in [1.54, 1.807) is 43.3 Å². The van der Waals surface area contributed by atoms with Crippen LogP contribution in [0.2, 0.25) is 5.02 Å². The molecule has 0 amide bonds. The molecule has 180 valence electrons. The fraction of sp³-hybridized carbons (Fsp3) is 0.0800. The van der Waals surface area contributed by atoms with Crippen molar-refractivity contribution in [3.05, 3.63) is 96.2 Å². The van der Waals surface area contributed by atoms with E-state index in [2.05, 4.69) is 26.0 Å². The van der Waals surface area contributed by atoms with Crippen LogP contribution in [0.3, 0.4) is 0 Å². The Morgan fingerprint density at radius 1 is 1.22 bits per heavy atom. The van der Waals surface area contributed by atoms with Crippen molar-refractivity contribution in [2.24, 2.45) is 5.10 Å². The minimum Gasteiger partial charge on any atom is -0.487 e. The molecule has 3 aromatic carbocycles. The van der Waals surface area contributed by atoms with Gasteiger partial charge in [0.05, 0.1) is 28.6 Å². The van der Waals surface area contributed by atoms with Crippen molar-refractivity contribution >= 4 is 61.3 Å². The molecule has 0 aliphatic heterocycles. The number of ether oxygens (including phenoxy) is 1. The summed E-state index contributed by atoms with van der Waals surface area (Å²) in [4.78, 5) is 29.1. The molecule has 0 bridgehead atoms. The van der Waals surface area contributed by atoms with Gasteiger partial charge in [0.2, 0.25) is 11.6 Å². The number of nitro groups is 1. The average Bonchev–Trinajstić information content (AvgIpc) is 3.27. The molecule has 0 unspecified atom stereocenters. The number of halogens is 2. The lowest BCUT2D eigenvalue weighted by Crippen LogP contribution is -2.20. The number of nitrogens with zero attached hydrogens (tertiary/aromatic N) is 4. The number of aromatic nitrogens is 2. The van der Waals surface area contributed by atoms with Gasteiger partial charge in [-0.15, -0.1) is 0 Å². The van der Waals surface area contributed by atoms with Crippen LogP contribution in [-0.4, -0.2) is 27.4 Å². The first-order chi connectivity index (χ1) is 17.4. The third-order valence-corrected chi connectivity index (χ3v) is 6.02. The topological polar surface area (TPSA) is 113 Å². The van der Waals surface area contributed by atoms with E-state index in [1.165, 1.54) is 18.3 Å². The number of hydrogen-bond donors (Lipinski definition) is 0. The first-order valence-corrected chi connectivity index (χ1v) is 11.9. The molecule has 11 heteroatoms. The summed E-state index contributed by atoms with van der Waals surface area (Å²) in [6, 6.07) is 16.8. The number of para-hydroxylation sites is 1. The van der Waals surface area contributed by atoms with E-state index in [4.69, 9.17) is 20.8 Å². The zero-order valence-corrected chi connectivity index (χ0v) is 21.0. The van der Waals surface area contributed by atoms with Gasteiger partial charge in [-0.25, -0.2) is 4.98 Å². The van der Waals surface area contributed by atoms with Gasteiger partial charge in [-0.3, -0.25) is 14.9 Å². The van der Waals surface area contributed by atoms with Crippen LogP contribution in [0.5, 0.6) is 5.75 Å². The molecule has 36 heavy (non-hydrogen) atoms. The quantitative estimate of drug-likeness (QED) is 0.133. The van der Waals surface area contributed by atoms with Gasteiger partial charge < -0.3 is 9.15 Å². The highest BCUT2D eigenvalue weighted by Gasteiger charge is 2.21. The van der Waals surface area contributed by atoms with E-state index in [1.807, 2.05) is 12.1 Å². The maximum Gasteiger partial charge on any atom is 0.313 e. The lowest BCUT2D eigenvalue weighted by molar-refractivity contribution is -0.385. The van der Waals surface area contributed by atoms with Gasteiger partial charge in [-0.2, -0.15) is 9.78 Å². The molecule has 0 fully saturated rings. The molecule has 0 saturated heterocycles. The Labute approximate surface area is 216 Å². The molecular weight excluding hydrogens is 552 g/mol. The van der Waals surface area contributed by atoms with Crippen molar-refractivity contribution in [2.45, 2.75) is 6.92 Å². The zero-order chi connectivity index (χ0) is 25.4. The molecule has 9 nitrogen and oxygen atoms in total. The van der Waals surface area contributed by atoms with Crippen molar-refractivity contribution < 1.29 is 14.1 Å². The van der Waals surface area contributed by atoms with Crippen LogP contribution in [0, 0.1) is 10.1 Å². The van der Waals surface area contributed by atoms with Crippen LogP contribution in [0.1, 0.15) is 12.5 Å². The van der Waals surface area contributed by atoms with Crippen LogP contribution < -0.4 is 10.3 Å². The third kappa shape index (κ3) is 4.36. The maximum atomic E-state index is 13.5. The van der Waals surface area contributed by atoms with Crippen LogP contribution in [0.15, 0.2) is 79.4 Å². The maximum absolute atomic E-state index is 13.5. The third-order valence-electron chi connectivity index (χ3n) is 5.31. The van der Waals surface area contributed by atoms with Crippen molar-refractivity contribution in [1.82, 2.24) is 9.66 Å². The van der Waals surface area contributed by atoms with Gasteiger partial charge >= 0.3 is 5.69 Å². The summed E-state index contributed by atoms with van der Waals surface area (Å²) < 4.78 is 13.5. The largest absolute Gasteiger partial charge is 0.487 e. The van der Waals surface area contributed by atoms with E-state index in [0.717, 1.165) is 14.5 Å². The van der Waals surface area contributed by atoms with E-state index < -0.39 is 10.5 Å². The SMILES string of the molecule is CCOc1c(C=Nn2c(-c3cc4cc(Br)ccc4o3)nc3ccccc3c2=O)cc(Cl)cc1[N+](=O)[O-]. The molecule has 0 aliphatic carbocycles. The Morgan fingerprint density at radius 2 is 2.03 bits per heavy atom. The molecular formula is C25H16BrClN4O5. The van der Waals surface area contributed by atoms with Crippen molar-refractivity contribution in [3.8, 4) is 17.3 Å². The number of furan rings is 1. The normalized spacial score (nSPS) is 11.5. The van der Waals surface area contributed by atoms with Gasteiger partial charge in [0.1, 0.15) is 5.58 Å². The molecule has 0 saturated carbocycles. The molecule has 0 spiro atoms. The Balaban J connectivity index is 1.74. The van der Waals surface area contributed by atoms with Gasteiger partial charge in [0, 0.05) is 26.5 Å². The van der Waals surface area contributed by atoms with E-state index >= 15 is 0 Å². The lowest BCUT2D eigenvalue weighted by atomic mass is 10.2. The second-order valence-corrected chi connectivity index (χ2v) is 8.99. The predicted molar refractivity (Wildman–Crippen MR) is 141 cm³/mol. The molecule has 0 atom stereocenters. The van der Waals surface area contributed by atoms with Crippen LogP contribution in [0.25, 0.3) is 33.5 Å². The smallest absolute Gasteiger partial charge is 0.313 e. The molecule has 5 rings (SSSR count). The molecule has 2 aromatic heterocycles. The van der Waals surface area contributed by atoms with Gasteiger partial charge in [-0.1, -0.05) is 39.7 Å². The highest BCUT2D eigenvalue weighted by atomic mass is 79.9. The fourth-order valence-corrected chi connectivity index (χ4v) is 4.37. The van der Waals surface area contributed by atoms with Crippen LogP contribution in [-0.2, 0) is 0 Å². The predicted octanol–water partition coefficient (Wildman–Crippen LogP) is 6.41. The lowest BCUT2D eigenvalue weighted by Gasteiger charge is -2.10. The second kappa shape index (κ2) is 9.56. The summed E-state index contributed by atoms with van der Waals surface area (Å²) in [7, 11) is 0. The Morgan fingerprint density at radius 3 is 2.81 bits per heavy atom. The summed E-state index contributed by atoms with van der Waals surface area (Å²) in [6.45, 7) is 1.88. The molecule has 0 aliphatic rings.